The number of rotatable bonds is 3. The highest BCUT2D eigenvalue weighted by molar-refractivity contribution is 7.89. The van der Waals surface area contributed by atoms with Crippen molar-refractivity contribution in [3.63, 3.8) is 0 Å². The van der Waals surface area contributed by atoms with Gasteiger partial charge in [-0.25, -0.2) is 17.2 Å². The molecule has 1 saturated heterocycles. The molecule has 1 aromatic carbocycles. The number of nitrogens with two attached hydrogens (primary N) is 1. The molecule has 0 unspecified atom stereocenters. The number of nitrogen functional groups attached to an aromatic ring is 1. The van der Waals surface area contributed by atoms with Crippen LogP contribution in [0.4, 0.5) is 14.5 Å². The van der Waals surface area contributed by atoms with Crippen molar-refractivity contribution in [2.45, 2.75) is 23.8 Å². The Kier molecular flexibility index (Phi) is 4.26. The maximum Gasteiger partial charge on any atom is 0.246 e. The Hall–Kier alpha value is -1.25. The van der Waals surface area contributed by atoms with Gasteiger partial charge in [-0.3, -0.25) is 0 Å². The minimum atomic E-state index is -4.13. The second-order valence-electron chi connectivity index (χ2n) is 4.68. The van der Waals surface area contributed by atoms with E-state index in [2.05, 4.69) is 0 Å². The zero-order valence-electron chi connectivity index (χ0n) is 11.0. The lowest BCUT2D eigenvalue weighted by Crippen LogP contribution is -2.40. The van der Waals surface area contributed by atoms with Gasteiger partial charge in [0.2, 0.25) is 10.0 Å². The van der Waals surface area contributed by atoms with Gasteiger partial charge in [0.25, 0.3) is 0 Å². The van der Waals surface area contributed by atoms with Gasteiger partial charge in [0, 0.05) is 32.0 Å². The SMILES string of the molecule is CN(C1CCOCC1)S(=O)(=O)c1cc(N)cc(F)c1F. The van der Waals surface area contributed by atoms with Crippen LogP contribution in [0, 0.1) is 11.6 Å². The Balaban J connectivity index is 2.39. The fourth-order valence-corrected chi connectivity index (χ4v) is 3.69. The van der Waals surface area contributed by atoms with Crippen LogP contribution < -0.4 is 5.73 Å². The average molecular weight is 306 g/mol. The number of sulfonamides is 1. The van der Waals surface area contributed by atoms with Gasteiger partial charge < -0.3 is 10.5 Å². The Morgan fingerprint density at radius 1 is 1.30 bits per heavy atom. The van der Waals surface area contributed by atoms with Crippen LogP contribution in [0.3, 0.4) is 0 Å². The minimum Gasteiger partial charge on any atom is -0.399 e. The minimum absolute atomic E-state index is 0.136. The van der Waals surface area contributed by atoms with Crippen LogP contribution >= 0.6 is 0 Å². The molecule has 2 rings (SSSR count). The van der Waals surface area contributed by atoms with E-state index in [-0.39, 0.29) is 11.7 Å². The predicted octanol–water partition coefficient (Wildman–Crippen LogP) is 1.35. The lowest BCUT2D eigenvalue weighted by Gasteiger charge is -2.30. The molecule has 0 aromatic heterocycles. The van der Waals surface area contributed by atoms with Crippen molar-refractivity contribution >= 4 is 15.7 Å². The van der Waals surface area contributed by atoms with Crippen molar-refractivity contribution in [1.82, 2.24) is 4.31 Å². The van der Waals surface area contributed by atoms with Gasteiger partial charge in [0.05, 0.1) is 0 Å². The third-order valence-electron chi connectivity index (χ3n) is 3.38. The first kappa shape index (κ1) is 15.1. The Bertz CT molecular complexity index is 601. The number of nitrogens with zero attached hydrogens (tertiary/aromatic N) is 1. The lowest BCUT2D eigenvalue weighted by molar-refractivity contribution is 0.0631. The van der Waals surface area contributed by atoms with Gasteiger partial charge in [-0.2, -0.15) is 4.31 Å². The van der Waals surface area contributed by atoms with Crippen LogP contribution in [0.1, 0.15) is 12.8 Å². The number of ether oxygens (including phenoxy) is 1. The third kappa shape index (κ3) is 2.77. The Labute approximate surface area is 116 Å². The van der Waals surface area contributed by atoms with E-state index in [9.17, 15) is 17.2 Å². The summed E-state index contributed by atoms with van der Waals surface area (Å²) >= 11 is 0. The topological polar surface area (TPSA) is 72.6 Å². The highest BCUT2D eigenvalue weighted by atomic mass is 32.2. The molecule has 0 radical (unpaired) electrons. The first-order valence-electron chi connectivity index (χ1n) is 6.14. The molecule has 1 heterocycles. The van der Waals surface area contributed by atoms with Gasteiger partial charge >= 0.3 is 0 Å². The molecule has 0 atom stereocenters. The molecule has 1 aromatic rings. The molecule has 20 heavy (non-hydrogen) atoms. The molecule has 0 bridgehead atoms. The van der Waals surface area contributed by atoms with Crippen LogP contribution in [0.2, 0.25) is 0 Å². The second-order valence-corrected chi connectivity index (χ2v) is 6.65. The zero-order chi connectivity index (χ0) is 14.9. The number of hydrogen-bond acceptors (Lipinski definition) is 4. The molecule has 0 aliphatic carbocycles. The summed E-state index contributed by atoms with van der Waals surface area (Å²) in [7, 11) is -2.78. The molecular weight excluding hydrogens is 290 g/mol. The van der Waals surface area contributed by atoms with Crippen LogP contribution in [-0.4, -0.2) is 39.0 Å². The summed E-state index contributed by atoms with van der Waals surface area (Å²) in [6, 6.07) is 1.39. The van der Waals surface area contributed by atoms with Gasteiger partial charge in [0.15, 0.2) is 11.6 Å². The van der Waals surface area contributed by atoms with Crippen molar-refractivity contribution in [3.05, 3.63) is 23.8 Å². The monoisotopic (exact) mass is 306 g/mol. The first-order valence-corrected chi connectivity index (χ1v) is 7.58. The van der Waals surface area contributed by atoms with Crippen LogP contribution in [0.5, 0.6) is 0 Å². The number of anilines is 1. The predicted molar refractivity (Wildman–Crippen MR) is 69.6 cm³/mol. The highest BCUT2D eigenvalue weighted by Crippen LogP contribution is 2.26. The largest absolute Gasteiger partial charge is 0.399 e. The van der Waals surface area contributed by atoms with Crippen molar-refractivity contribution in [2.24, 2.45) is 0 Å². The molecule has 1 fully saturated rings. The summed E-state index contributed by atoms with van der Waals surface area (Å²) in [5.41, 5.74) is 5.26. The highest BCUT2D eigenvalue weighted by Gasteiger charge is 2.32. The fourth-order valence-electron chi connectivity index (χ4n) is 2.17. The fraction of sp³-hybridized carbons (Fsp3) is 0.500. The first-order chi connectivity index (χ1) is 9.34. The van der Waals surface area contributed by atoms with Gasteiger partial charge in [-0.1, -0.05) is 0 Å². The van der Waals surface area contributed by atoms with E-state index in [1.54, 1.807) is 0 Å². The molecule has 1 aliphatic heterocycles. The number of benzene rings is 1. The van der Waals surface area contributed by atoms with E-state index >= 15 is 0 Å². The van der Waals surface area contributed by atoms with E-state index in [0.717, 1.165) is 16.4 Å². The summed E-state index contributed by atoms with van der Waals surface area (Å²) in [5, 5.41) is 0. The molecular formula is C12H16F2N2O3S. The molecule has 8 heteroatoms. The Morgan fingerprint density at radius 3 is 2.50 bits per heavy atom. The Morgan fingerprint density at radius 2 is 1.90 bits per heavy atom. The summed E-state index contributed by atoms with van der Waals surface area (Å²) in [4.78, 5) is -0.732. The summed E-state index contributed by atoms with van der Waals surface area (Å²) < 4.78 is 58.0. The lowest BCUT2D eigenvalue weighted by atomic mass is 10.1. The van der Waals surface area contributed by atoms with E-state index in [4.69, 9.17) is 10.5 Å². The molecule has 5 nitrogen and oxygen atoms in total. The molecule has 0 spiro atoms. The van der Waals surface area contributed by atoms with Gasteiger partial charge in [-0.15, -0.1) is 0 Å². The smallest absolute Gasteiger partial charge is 0.246 e. The summed E-state index contributed by atoms with van der Waals surface area (Å²) in [6.45, 7) is 0.886. The van der Waals surface area contributed by atoms with Crippen molar-refractivity contribution < 1.29 is 21.9 Å². The van der Waals surface area contributed by atoms with Crippen molar-refractivity contribution in [1.29, 1.82) is 0 Å². The van der Waals surface area contributed by atoms with Crippen LogP contribution in [0.15, 0.2) is 17.0 Å². The maximum absolute atomic E-state index is 13.7. The molecule has 0 saturated carbocycles. The van der Waals surface area contributed by atoms with E-state index in [1.807, 2.05) is 0 Å². The normalized spacial score (nSPS) is 17.6. The molecule has 112 valence electrons. The van der Waals surface area contributed by atoms with E-state index < -0.39 is 26.6 Å². The summed E-state index contributed by atoms with van der Waals surface area (Å²) in [5.74, 6) is -2.68. The van der Waals surface area contributed by atoms with Crippen molar-refractivity contribution in [3.8, 4) is 0 Å². The van der Waals surface area contributed by atoms with Crippen molar-refractivity contribution in [2.75, 3.05) is 26.0 Å². The zero-order valence-corrected chi connectivity index (χ0v) is 11.8. The number of halogens is 2. The van der Waals surface area contributed by atoms with Crippen LogP contribution in [-0.2, 0) is 14.8 Å². The molecule has 1 aliphatic rings. The second kappa shape index (κ2) is 5.63. The quantitative estimate of drug-likeness (QED) is 0.856. The van der Waals surface area contributed by atoms with E-state index in [0.29, 0.717) is 26.1 Å². The standard InChI is InChI=1S/C12H16F2N2O3S/c1-16(9-2-4-19-5-3-9)20(17,18)11-7-8(15)6-10(13)12(11)14/h6-7,9H,2-5,15H2,1H3. The van der Waals surface area contributed by atoms with E-state index in [1.165, 1.54) is 7.05 Å². The summed E-state index contributed by atoms with van der Waals surface area (Å²) in [6.07, 6.45) is 1.03. The van der Waals surface area contributed by atoms with Gasteiger partial charge in [-0.05, 0) is 25.0 Å². The third-order valence-corrected chi connectivity index (χ3v) is 5.29. The molecule has 0 amide bonds. The average Bonchev–Trinajstić information content (AvgIpc) is 2.42. The maximum atomic E-state index is 13.7. The molecule has 2 N–H and O–H groups in total. The van der Waals surface area contributed by atoms with Crippen LogP contribution in [0.25, 0.3) is 0 Å². The number of hydrogen-bond donors (Lipinski definition) is 1. The van der Waals surface area contributed by atoms with Gasteiger partial charge in [0.1, 0.15) is 4.90 Å².